The zero-order valence-electron chi connectivity index (χ0n) is 10.9. The molecule has 3 rings (SSSR count). The third kappa shape index (κ3) is 2.35. The quantitative estimate of drug-likeness (QED) is 0.820. The van der Waals surface area contributed by atoms with Crippen molar-refractivity contribution in [1.29, 1.82) is 0 Å². The lowest BCUT2D eigenvalue weighted by Crippen LogP contribution is -2.58. The van der Waals surface area contributed by atoms with Gasteiger partial charge in [-0.05, 0) is 0 Å². The van der Waals surface area contributed by atoms with Crippen LogP contribution in [-0.4, -0.2) is 44.2 Å². The molecular weight excluding hydrogens is 267 g/mol. The highest BCUT2D eigenvalue weighted by atomic mass is 19.1. The van der Waals surface area contributed by atoms with E-state index in [0.29, 0.717) is 0 Å². The highest BCUT2D eigenvalue weighted by molar-refractivity contribution is 5.89. The van der Waals surface area contributed by atoms with Gasteiger partial charge >= 0.3 is 0 Å². The molecule has 1 aromatic carbocycles. The largest absolute Gasteiger partial charge is 0.353 e. The second-order valence-electron chi connectivity index (χ2n) is 4.72. The van der Waals surface area contributed by atoms with Crippen molar-refractivity contribution in [2.75, 3.05) is 13.7 Å². The van der Waals surface area contributed by atoms with Crippen LogP contribution in [0.15, 0.2) is 30.3 Å². The Labute approximate surface area is 115 Å². The maximum absolute atomic E-state index is 13.8. The highest BCUT2D eigenvalue weighted by Gasteiger charge is 2.49. The number of ether oxygens (including phenoxy) is 4. The van der Waals surface area contributed by atoms with Crippen LogP contribution < -0.4 is 0 Å². The van der Waals surface area contributed by atoms with Crippen molar-refractivity contribution in [3.8, 4) is 0 Å². The summed E-state index contributed by atoms with van der Waals surface area (Å²) in [5.74, 6) is -0.655. The van der Waals surface area contributed by atoms with Crippen molar-refractivity contribution in [1.82, 2.24) is 0 Å². The van der Waals surface area contributed by atoms with Crippen LogP contribution in [-0.2, 0) is 23.7 Å². The van der Waals surface area contributed by atoms with Gasteiger partial charge in [0.25, 0.3) is 0 Å². The van der Waals surface area contributed by atoms with Gasteiger partial charge in [-0.2, -0.15) is 0 Å². The number of hydrogen-bond donors (Lipinski definition) is 0. The molecule has 5 atom stereocenters. The van der Waals surface area contributed by atoms with E-state index in [9.17, 15) is 9.18 Å². The van der Waals surface area contributed by atoms with Crippen LogP contribution in [0, 0.1) is 0 Å². The monoisotopic (exact) mass is 282 g/mol. The van der Waals surface area contributed by atoms with Crippen LogP contribution in [0.3, 0.4) is 0 Å². The minimum atomic E-state index is -1.84. The van der Waals surface area contributed by atoms with Gasteiger partial charge < -0.3 is 18.9 Å². The number of carbonyl (C=O) groups excluding carboxylic acids is 1. The fraction of sp³-hybridized carbons (Fsp3) is 0.500. The molecule has 0 bridgehead atoms. The molecule has 0 saturated carbocycles. The molecule has 0 aliphatic carbocycles. The maximum atomic E-state index is 13.8. The molecule has 0 spiro atoms. The van der Waals surface area contributed by atoms with E-state index in [1.807, 2.05) is 30.3 Å². The fourth-order valence-electron chi connectivity index (χ4n) is 2.38. The zero-order chi connectivity index (χ0) is 14.1. The number of methoxy groups -OCH3 is 1. The number of carbonyl (C=O) groups is 1. The topological polar surface area (TPSA) is 54.0 Å². The summed E-state index contributed by atoms with van der Waals surface area (Å²) in [7, 11) is 1.29. The molecule has 2 heterocycles. The third-order valence-corrected chi connectivity index (χ3v) is 3.42. The maximum Gasteiger partial charge on any atom is 0.211 e. The Morgan fingerprint density at radius 2 is 2.00 bits per heavy atom. The van der Waals surface area contributed by atoms with Gasteiger partial charge in [0, 0.05) is 12.7 Å². The molecule has 6 heteroatoms. The molecule has 20 heavy (non-hydrogen) atoms. The van der Waals surface area contributed by atoms with Gasteiger partial charge in [0.2, 0.25) is 12.0 Å². The summed E-state index contributed by atoms with van der Waals surface area (Å²) in [6.45, 7) is 0.155. The average Bonchev–Trinajstić information content (AvgIpc) is 2.51. The average molecular weight is 282 g/mol. The molecule has 1 unspecified atom stereocenters. The number of rotatable bonds is 2. The second kappa shape index (κ2) is 5.57. The van der Waals surface area contributed by atoms with E-state index < -0.39 is 36.7 Å². The first-order valence-corrected chi connectivity index (χ1v) is 6.39. The summed E-state index contributed by atoms with van der Waals surface area (Å²) in [5, 5.41) is 0. The lowest BCUT2D eigenvalue weighted by atomic mass is 10.0. The van der Waals surface area contributed by atoms with Gasteiger partial charge in [-0.1, -0.05) is 30.3 Å². The fourth-order valence-corrected chi connectivity index (χ4v) is 2.38. The van der Waals surface area contributed by atoms with E-state index in [0.717, 1.165) is 5.56 Å². The summed E-state index contributed by atoms with van der Waals surface area (Å²) in [4.78, 5) is 12.0. The molecule has 0 amide bonds. The van der Waals surface area contributed by atoms with E-state index in [2.05, 4.69) is 0 Å². The van der Waals surface area contributed by atoms with E-state index in [4.69, 9.17) is 18.9 Å². The molecule has 0 N–H and O–H groups in total. The number of alkyl halides is 1. The van der Waals surface area contributed by atoms with E-state index in [-0.39, 0.29) is 6.61 Å². The summed E-state index contributed by atoms with van der Waals surface area (Å²) in [5.41, 5.74) is 0.781. The molecule has 0 aromatic heterocycles. The molecule has 2 aliphatic heterocycles. The summed E-state index contributed by atoms with van der Waals surface area (Å²) >= 11 is 0. The van der Waals surface area contributed by atoms with Crippen molar-refractivity contribution in [2.24, 2.45) is 0 Å². The van der Waals surface area contributed by atoms with Gasteiger partial charge in [-0.25, -0.2) is 4.39 Å². The van der Waals surface area contributed by atoms with E-state index in [1.54, 1.807) is 0 Å². The van der Waals surface area contributed by atoms with Gasteiger partial charge in [0.1, 0.15) is 6.10 Å². The molecule has 5 nitrogen and oxygen atoms in total. The van der Waals surface area contributed by atoms with Crippen LogP contribution in [0.25, 0.3) is 0 Å². The summed E-state index contributed by atoms with van der Waals surface area (Å²) < 4.78 is 35.1. The smallest absolute Gasteiger partial charge is 0.211 e. The zero-order valence-corrected chi connectivity index (χ0v) is 10.9. The number of halogens is 1. The van der Waals surface area contributed by atoms with Gasteiger partial charge in [-0.3, -0.25) is 4.79 Å². The van der Waals surface area contributed by atoms with Crippen LogP contribution in [0.1, 0.15) is 11.9 Å². The van der Waals surface area contributed by atoms with Crippen molar-refractivity contribution in [3.63, 3.8) is 0 Å². The lowest BCUT2D eigenvalue weighted by Gasteiger charge is -2.41. The molecule has 2 saturated heterocycles. The normalized spacial score (nSPS) is 37.5. The SMILES string of the molecule is COC1O[C@@H]2CO[C@@H](c3ccccc3)O[C@H]2C(=O)[C@H]1F. The Bertz CT molecular complexity index is 480. The second-order valence-corrected chi connectivity index (χ2v) is 4.72. The predicted molar refractivity (Wildman–Crippen MR) is 65.6 cm³/mol. The van der Waals surface area contributed by atoms with Crippen LogP contribution in [0.4, 0.5) is 4.39 Å². The molecule has 0 radical (unpaired) electrons. The summed E-state index contributed by atoms with van der Waals surface area (Å²) in [6, 6.07) is 9.19. The lowest BCUT2D eigenvalue weighted by molar-refractivity contribution is -0.308. The van der Waals surface area contributed by atoms with Crippen LogP contribution >= 0.6 is 0 Å². The Morgan fingerprint density at radius 3 is 2.70 bits per heavy atom. The number of ketones is 1. The Balaban J connectivity index is 1.76. The third-order valence-electron chi connectivity index (χ3n) is 3.42. The first kappa shape index (κ1) is 13.6. The molecular formula is C14H15FO5. The molecule has 108 valence electrons. The number of benzene rings is 1. The first-order chi connectivity index (χ1) is 9.70. The van der Waals surface area contributed by atoms with Crippen molar-refractivity contribution < 1.29 is 28.1 Å². The van der Waals surface area contributed by atoms with Crippen molar-refractivity contribution in [2.45, 2.75) is 31.0 Å². The standard InChI is InChI=1S/C14H15FO5/c1-17-14-10(15)11(16)12-9(19-14)7-18-13(20-12)8-5-3-2-4-6-8/h2-6,9-10,12-14H,7H2,1H3/t9-,10-,12-,13-,14?/m1/s1. The Kier molecular flexibility index (Phi) is 3.80. The van der Waals surface area contributed by atoms with Gasteiger partial charge in [0.15, 0.2) is 18.7 Å². The van der Waals surface area contributed by atoms with Crippen molar-refractivity contribution >= 4 is 5.78 Å². The van der Waals surface area contributed by atoms with Crippen LogP contribution in [0.2, 0.25) is 0 Å². The molecule has 1 aromatic rings. The molecule has 2 aliphatic rings. The highest BCUT2D eigenvalue weighted by Crippen LogP contribution is 2.33. The number of Topliss-reactive ketones (excluding diaryl/α,β-unsaturated/α-hetero) is 1. The van der Waals surface area contributed by atoms with Gasteiger partial charge in [-0.15, -0.1) is 0 Å². The summed E-state index contributed by atoms with van der Waals surface area (Å²) in [6.07, 6.45) is -5.31. The van der Waals surface area contributed by atoms with Crippen molar-refractivity contribution in [3.05, 3.63) is 35.9 Å². The predicted octanol–water partition coefficient (Wildman–Crippen LogP) is 1.38. The van der Waals surface area contributed by atoms with E-state index in [1.165, 1.54) is 7.11 Å². The number of fused-ring (bicyclic) bond motifs is 1. The van der Waals surface area contributed by atoms with Gasteiger partial charge in [0.05, 0.1) is 6.61 Å². The van der Waals surface area contributed by atoms with Crippen LogP contribution in [0.5, 0.6) is 0 Å². The minimum absolute atomic E-state index is 0.155. The Morgan fingerprint density at radius 1 is 1.25 bits per heavy atom. The first-order valence-electron chi connectivity index (χ1n) is 6.39. The number of hydrogen-bond acceptors (Lipinski definition) is 5. The Hall–Kier alpha value is -1.34. The molecule has 2 fully saturated rings. The minimum Gasteiger partial charge on any atom is -0.353 e. The van der Waals surface area contributed by atoms with E-state index >= 15 is 0 Å².